The van der Waals surface area contributed by atoms with Crippen LogP contribution in [0.1, 0.15) is 22.2 Å². The van der Waals surface area contributed by atoms with Gasteiger partial charge in [0.1, 0.15) is 30.3 Å². The molecule has 0 aliphatic carbocycles. The first kappa shape index (κ1) is 18.9. The summed E-state index contributed by atoms with van der Waals surface area (Å²) in [5.41, 5.74) is 1.41. The maximum absolute atomic E-state index is 13.1. The zero-order chi connectivity index (χ0) is 20.2. The summed E-state index contributed by atoms with van der Waals surface area (Å²) in [6.07, 6.45) is 2.32. The normalized spacial score (nSPS) is 11.9. The summed E-state index contributed by atoms with van der Waals surface area (Å²) in [5, 5.41) is 4.64. The Morgan fingerprint density at radius 2 is 1.86 bits per heavy atom. The molecule has 0 spiro atoms. The van der Waals surface area contributed by atoms with Crippen LogP contribution in [0.25, 0.3) is 11.3 Å². The van der Waals surface area contributed by atoms with Gasteiger partial charge >= 0.3 is 5.97 Å². The monoisotopic (exact) mass is 411 g/mol. The minimum absolute atomic E-state index is 0.0434. The number of carbonyl (C=O) groups excluding carboxylic acids is 1. The van der Waals surface area contributed by atoms with Gasteiger partial charge in [-0.3, -0.25) is 0 Å². The molecule has 0 radical (unpaired) electrons. The molecular weight excluding hydrogens is 397 g/mol. The Balaban J connectivity index is 1.54. The Morgan fingerprint density at radius 1 is 1.10 bits per heavy atom. The van der Waals surface area contributed by atoms with Crippen molar-refractivity contribution in [1.82, 2.24) is 14.8 Å². The number of furan rings is 1. The van der Waals surface area contributed by atoms with Gasteiger partial charge in [-0.05, 0) is 54.1 Å². The number of aromatic nitrogens is 3. The van der Waals surface area contributed by atoms with Gasteiger partial charge in [-0.2, -0.15) is 5.10 Å². The number of rotatable bonds is 6. The van der Waals surface area contributed by atoms with Crippen LogP contribution in [0.2, 0.25) is 5.02 Å². The summed E-state index contributed by atoms with van der Waals surface area (Å²) in [4.78, 5) is 16.6. The summed E-state index contributed by atoms with van der Waals surface area (Å²) in [6.45, 7) is 0.277. The largest absolute Gasteiger partial charge is 0.450 e. The molecule has 0 aliphatic rings. The Morgan fingerprint density at radius 3 is 2.55 bits per heavy atom. The molecule has 2 aromatic heterocycles. The van der Waals surface area contributed by atoms with Crippen LogP contribution >= 0.6 is 11.6 Å². The first-order chi connectivity index (χ1) is 14.1. The predicted octanol–water partition coefficient (Wildman–Crippen LogP) is 4.93. The molecule has 0 amide bonds. The molecule has 0 saturated carbocycles. The van der Waals surface area contributed by atoms with Gasteiger partial charge in [0.25, 0.3) is 0 Å². The maximum atomic E-state index is 13.1. The van der Waals surface area contributed by atoms with Crippen molar-refractivity contribution >= 4 is 17.6 Å². The zero-order valence-corrected chi connectivity index (χ0v) is 15.8. The third kappa shape index (κ3) is 4.52. The summed E-state index contributed by atoms with van der Waals surface area (Å²) >= 11 is 5.96. The van der Waals surface area contributed by atoms with Gasteiger partial charge in [-0.25, -0.2) is 18.9 Å². The highest BCUT2D eigenvalue weighted by Crippen LogP contribution is 2.26. The van der Waals surface area contributed by atoms with Crippen LogP contribution in [0.15, 0.2) is 77.7 Å². The average molecular weight is 412 g/mol. The molecule has 0 bridgehead atoms. The number of nitrogens with zero attached hydrogens (tertiary/aromatic N) is 3. The summed E-state index contributed by atoms with van der Waals surface area (Å²) < 4.78 is 26.0. The zero-order valence-electron chi connectivity index (χ0n) is 15.0. The van der Waals surface area contributed by atoms with Crippen LogP contribution in [0.4, 0.5) is 4.39 Å². The molecule has 2 aromatic carbocycles. The van der Waals surface area contributed by atoms with Gasteiger partial charge in [0.05, 0.1) is 6.54 Å². The van der Waals surface area contributed by atoms with Crippen LogP contribution in [0.3, 0.4) is 0 Å². The lowest BCUT2D eigenvalue weighted by atomic mass is 10.1. The number of carbonyl (C=O) groups is 1. The van der Waals surface area contributed by atoms with Crippen LogP contribution in [0, 0.1) is 5.82 Å². The van der Waals surface area contributed by atoms with Crippen molar-refractivity contribution in [2.75, 3.05) is 0 Å². The highest BCUT2D eigenvalue weighted by molar-refractivity contribution is 6.30. The van der Waals surface area contributed by atoms with E-state index in [-0.39, 0.29) is 18.1 Å². The summed E-state index contributed by atoms with van der Waals surface area (Å²) in [6, 6.07) is 16.0. The van der Waals surface area contributed by atoms with E-state index in [1.165, 1.54) is 30.9 Å². The van der Waals surface area contributed by atoms with Crippen LogP contribution < -0.4 is 0 Å². The molecule has 0 aliphatic heterocycles. The Labute approximate surface area is 170 Å². The van der Waals surface area contributed by atoms with Crippen LogP contribution in [-0.2, 0) is 11.3 Å². The third-order valence-corrected chi connectivity index (χ3v) is 4.50. The molecule has 1 atom stereocenters. The number of esters is 1. The van der Waals surface area contributed by atoms with E-state index in [4.69, 9.17) is 20.8 Å². The number of ether oxygens (including phenoxy) is 1. The summed E-state index contributed by atoms with van der Waals surface area (Å²) in [7, 11) is 0. The summed E-state index contributed by atoms with van der Waals surface area (Å²) in [5.74, 6) is -0.490. The van der Waals surface area contributed by atoms with E-state index in [0.717, 1.165) is 5.56 Å². The second kappa shape index (κ2) is 8.28. The Kier molecular flexibility index (Phi) is 5.39. The van der Waals surface area contributed by atoms with Crippen molar-refractivity contribution < 1.29 is 18.3 Å². The second-order valence-electron chi connectivity index (χ2n) is 6.23. The molecule has 29 heavy (non-hydrogen) atoms. The molecule has 146 valence electrons. The first-order valence-electron chi connectivity index (χ1n) is 8.73. The molecule has 0 fully saturated rings. The second-order valence-corrected chi connectivity index (χ2v) is 6.67. The quantitative estimate of drug-likeness (QED) is 0.421. The fourth-order valence-electron chi connectivity index (χ4n) is 2.79. The van der Waals surface area contributed by atoms with E-state index < -0.39 is 12.1 Å². The predicted molar refractivity (Wildman–Crippen MR) is 104 cm³/mol. The number of hydrogen-bond acceptors (Lipinski definition) is 5. The van der Waals surface area contributed by atoms with Crippen molar-refractivity contribution in [2.24, 2.45) is 0 Å². The molecular formula is C21H15ClFN3O3. The molecule has 0 N–H and O–H groups in total. The van der Waals surface area contributed by atoms with E-state index in [1.54, 1.807) is 47.1 Å². The van der Waals surface area contributed by atoms with Crippen molar-refractivity contribution in [2.45, 2.75) is 12.6 Å². The highest BCUT2D eigenvalue weighted by atomic mass is 35.5. The lowest BCUT2D eigenvalue weighted by molar-refractivity contribution is 0.0212. The van der Waals surface area contributed by atoms with Gasteiger partial charge in [0.2, 0.25) is 5.76 Å². The fraction of sp³-hybridized carbons (Fsp3) is 0.0952. The fourth-order valence-corrected chi connectivity index (χ4v) is 2.92. The Hall–Kier alpha value is -3.45. The molecule has 8 heteroatoms. The topological polar surface area (TPSA) is 70.2 Å². The lowest BCUT2D eigenvalue weighted by Crippen LogP contribution is -2.17. The molecule has 6 nitrogen and oxygen atoms in total. The van der Waals surface area contributed by atoms with E-state index in [1.807, 2.05) is 0 Å². The molecule has 0 saturated heterocycles. The van der Waals surface area contributed by atoms with Gasteiger partial charge < -0.3 is 9.15 Å². The molecule has 4 rings (SSSR count). The van der Waals surface area contributed by atoms with Crippen molar-refractivity contribution in [3.05, 3.63) is 95.5 Å². The van der Waals surface area contributed by atoms with Crippen molar-refractivity contribution in [3.8, 4) is 11.3 Å². The number of hydrogen-bond donors (Lipinski definition) is 0. The minimum Gasteiger partial charge on any atom is -0.450 e. The van der Waals surface area contributed by atoms with E-state index in [9.17, 15) is 9.18 Å². The smallest absolute Gasteiger partial charge is 0.374 e. The van der Waals surface area contributed by atoms with E-state index >= 15 is 0 Å². The number of benzene rings is 2. The van der Waals surface area contributed by atoms with Gasteiger partial charge in [0, 0.05) is 10.6 Å². The van der Waals surface area contributed by atoms with Crippen molar-refractivity contribution in [3.63, 3.8) is 0 Å². The lowest BCUT2D eigenvalue weighted by Gasteiger charge is -2.17. The van der Waals surface area contributed by atoms with Crippen molar-refractivity contribution in [1.29, 1.82) is 0 Å². The first-order valence-corrected chi connectivity index (χ1v) is 9.11. The minimum atomic E-state index is -0.626. The van der Waals surface area contributed by atoms with Crippen LogP contribution in [0.5, 0.6) is 0 Å². The van der Waals surface area contributed by atoms with Crippen LogP contribution in [-0.4, -0.2) is 20.7 Å². The molecule has 2 heterocycles. The van der Waals surface area contributed by atoms with Gasteiger partial charge in [-0.15, -0.1) is 0 Å². The van der Waals surface area contributed by atoms with E-state index in [2.05, 4.69) is 10.1 Å². The maximum Gasteiger partial charge on any atom is 0.374 e. The standard InChI is InChI=1S/C21H15ClFN3O3/c22-16-5-1-15(2-6-16)20(11-26-13-24-12-25-26)29-21(27)19-10-9-18(28-19)14-3-7-17(23)8-4-14/h1-10,12-13,20H,11H2. The van der Waals surface area contributed by atoms with Gasteiger partial charge in [-0.1, -0.05) is 23.7 Å². The molecule has 1 unspecified atom stereocenters. The van der Waals surface area contributed by atoms with E-state index in [0.29, 0.717) is 16.3 Å². The van der Waals surface area contributed by atoms with Gasteiger partial charge in [0.15, 0.2) is 0 Å². The average Bonchev–Trinajstić information content (AvgIpc) is 3.41. The Bertz CT molecular complexity index is 1090. The number of halogens is 2. The highest BCUT2D eigenvalue weighted by Gasteiger charge is 2.22. The SMILES string of the molecule is O=C(OC(Cn1cncn1)c1ccc(Cl)cc1)c1ccc(-c2ccc(F)cc2)o1. The third-order valence-electron chi connectivity index (χ3n) is 4.25. The molecule has 4 aromatic rings.